The fourth-order valence-electron chi connectivity index (χ4n) is 2.17. The van der Waals surface area contributed by atoms with E-state index in [2.05, 4.69) is 33.9 Å². The topological polar surface area (TPSA) is 34.1 Å². The van der Waals surface area contributed by atoms with E-state index in [4.69, 9.17) is 4.74 Å². The number of hydrogen-bond acceptors (Lipinski definition) is 4. The van der Waals surface area contributed by atoms with Gasteiger partial charge in [0.15, 0.2) is 0 Å². The number of benzene rings is 1. The molecule has 1 aromatic carbocycles. The molecule has 0 amide bonds. The molecule has 0 saturated heterocycles. The minimum atomic E-state index is 0.854. The van der Waals surface area contributed by atoms with Crippen LogP contribution in [0.5, 0.6) is 5.75 Å². The molecule has 0 bridgehead atoms. The maximum Gasteiger partial charge on any atom is 0.133 e. The molecule has 2 aromatic heterocycles. The van der Waals surface area contributed by atoms with E-state index in [1.807, 2.05) is 24.4 Å². The van der Waals surface area contributed by atoms with Crippen LogP contribution in [0.2, 0.25) is 0 Å². The number of rotatable bonds is 5. The standard InChI is InChI=1S/C16H16N2OS/c1-19-13-5-4-12-6-8-17-16(15(12)11-13)18-9-7-14-3-2-10-20-14/h2-6,8,10-11H,7,9H2,1H3,(H,17,18). The smallest absolute Gasteiger partial charge is 0.133 e. The first-order chi connectivity index (χ1) is 9.86. The Labute approximate surface area is 122 Å². The lowest BCUT2D eigenvalue weighted by molar-refractivity contribution is 0.415. The van der Waals surface area contributed by atoms with E-state index >= 15 is 0 Å². The Morgan fingerprint density at radius 3 is 3.00 bits per heavy atom. The highest BCUT2D eigenvalue weighted by atomic mass is 32.1. The Kier molecular flexibility index (Phi) is 3.83. The Hall–Kier alpha value is -2.07. The summed E-state index contributed by atoms with van der Waals surface area (Å²) in [5.41, 5.74) is 0. The first-order valence-electron chi connectivity index (χ1n) is 6.56. The number of nitrogens with zero attached hydrogens (tertiary/aromatic N) is 1. The number of anilines is 1. The lowest BCUT2D eigenvalue weighted by atomic mass is 10.1. The second-order valence-electron chi connectivity index (χ2n) is 4.50. The first-order valence-corrected chi connectivity index (χ1v) is 7.44. The fraction of sp³-hybridized carbons (Fsp3) is 0.188. The third kappa shape index (κ3) is 2.75. The molecule has 3 rings (SSSR count). The molecule has 1 N–H and O–H groups in total. The van der Waals surface area contributed by atoms with Gasteiger partial charge < -0.3 is 10.1 Å². The van der Waals surface area contributed by atoms with Crippen molar-refractivity contribution in [1.29, 1.82) is 0 Å². The summed E-state index contributed by atoms with van der Waals surface area (Å²) in [5.74, 6) is 1.77. The van der Waals surface area contributed by atoms with E-state index in [0.717, 1.165) is 29.9 Å². The number of hydrogen-bond donors (Lipinski definition) is 1. The van der Waals surface area contributed by atoms with E-state index in [1.54, 1.807) is 18.4 Å². The Morgan fingerprint density at radius 1 is 1.25 bits per heavy atom. The lowest BCUT2D eigenvalue weighted by Crippen LogP contribution is -2.05. The van der Waals surface area contributed by atoms with Crippen LogP contribution in [-0.2, 0) is 6.42 Å². The molecular formula is C16H16N2OS. The van der Waals surface area contributed by atoms with Crippen molar-refractivity contribution in [3.8, 4) is 5.75 Å². The van der Waals surface area contributed by atoms with Crippen LogP contribution in [0, 0.1) is 0 Å². The molecule has 2 heterocycles. The van der Waals surface area contributed by atoms with Crippen LogP contribution in [0.4, 0.5) is 5.82 Å². The fourth-order valence-corrected chi connectivity index (χ4v) is 2.88. The molecule has 0 saturated carbocycles. The van der Waals surface area contributed by atoms with Crippen LogP contribution in [0.15, 0.2) is 48.0 Å². The highest BCUT2D eigenvalue weighted by Gasteiger charge is 2.04. The van der Waals surface area contributed by atoms with Crippen LogP contribution in [0.3, 0.4) is 0 Å². The van der Waals surface area contributed by atoms with Gasteiger partial charge in [-0.25, -0.2) is 4.98 Å². The molecule has 4 heteroatoms. The Balaban J connectivity index is 1.79. The minimum Gasteiger partial charge on any atom is -0.497 e. The highest BCUT2D eigenvalue weighted by Crippen LogP contribution is 2.25. The predicted octanol–water partition coefficient (Wildman–Crippen LogP) is 3.96. The maximum absolute atomic E-state index is 5.29. The number of fused-ring (bicyclic) bond motifs is 1. The van der Waals surface area contributed by atoms with Crippen molar-refractivity contribution in [2.75, 3.05) is 19.0 Å². The average Bonchev–Trinajstić information content (AvgIpc) is 3.00. The molecule has 3 aromatic rings. The van der Waals surface area contributed by atoms with Crippen LogP contribution >= 0.6 is 11.3 Å². The third-order valence-electron chi connectivity index (χ3n) is 3.22. The molecule has 102 valence electrons. The second kappa shape index (κ2) is 5.92. The zero-order valence-electron chi connectivity index (χ0n) is 11.3. The summed E-state index contributed by atoms with van der Waals surface area (Å²) in [6.07, 6.45) is 2.85. The van der Waals surface area contributed by atoms with Gasteiger partial charge in [0, 0.05) is 23.0 Å². The molecule has 0 fully saturated rings. The number of thiophene rings is 1. The molecule has 0 aliphatic heterocycles. The molecule has 3 nitrogen and oxygen atoms in total. The van der Waals surface area contributed by atoms with Crippen molar-refractivity contribution in [2.24, 2.45) is 0 Å². The van der Waals surface area contributed by atoms with Gasteiger partial charge in [-0.15, -0.1) is 11.3 Å². The van der Waals surface area contributed by atoms with Gasteiger partial charge >= 0.3 is 0 Å². The summed E-state index contributed by atoms with van der Waals surface area (Å²) in [6.45, 7) is 0.879. The second-order valence-corrected chi connectivity index (χ2v) is 5.54. The van der Waals surface area contributed by atoms with Crippen molar-refractivity contribution >= 4 is 27.9 Å². The number of aromatic nitrogens is 1. The number of nitrogens with one attached hydrogen (secondary N) is 1. The molecular weight excluding hydrogens is 268 g/mol. The Morgan fingerprint density at radius 2 is 2.20 bits per heavy atom. The predicted molar refractivity (Wildman–Crippen MR) is 84.8 cm³/mol. The van der Waals surface area contributed by atoms with Crippen molar-refractivity contribution in [3.63, 3.8) is 0 Å². The van der Waals surface area contributed by atoms with Gasteiger partial charge in [0.1, 0.15) is 11.6 Å². The van der Waals surface area contributed by atoms with Gasteiger partial charge in [-0.2, -0.15) is 0 Å². The number of ether oxygens (including phenoxy) is 1. The first kappa shape index (κ1) is 12.9. The summed E-state index contributed by atoms with van der Waals surface area (Å²) < 4.78 is 5.29. The molecule has 0 spiro atoms. The average molecular weight is 284 g/mol. The summed E-state index contributed by atoms with van der Waals surface area (Å²) in [5, 5.41) is 7.79. The molecule has 20 heavy (non-hydrogen) atoms. The third-order valence-corrected chi connectivity index (χ3v) is 4.15. The quantitative estimate of drug-likeness (QED) is 0.770. The maximum atomic E-state index is 5.29. The van der Waals surface area contributed by atoms with Gasteiger partial charge in [-0.1, -0.05) is 12.1 Å². The van der Waals surface area contributed by atoms with E-state index in [0.29, 0.717) is 0 Å². The van der Waals surface area contributed by atoms with E-state index in [9.17, 15) is 0 Å². The van der Waals surface area contributed by atoms with Gasteiger partial charge in [-0.3, -0.25) is 0 Å². The molecule has 0 atom stereocenters. The lowest BCUT2D eigenvalue weighted by Gasteiger charge is -2.09. The number of pyridine rings is 1. The monoisotopic (exact) mass is 284 g/mol. The van der Waals surface area contributed by atoms with Crippen molar-refractivity contribution < 1.29 is 4.74 Å². The van der Waals surface area contributed by atoms with E-state index < -0.39 is 0 Å². The van der Waals surface area contributed by atoms with Crippen molar-refractivity contribution in [1.82, 2.24) is 4.98 Å². The minimum absolute atomic E-state index is 0.854. The van der Waals surface area contributed by atoms with Crippen molar-refractivity contribution in [2.45, 2.75) is 6.42 Å². The van der Waals surface area contributed by atoms with Crippen molar-refractivity contribution in [3.05, 3.63) is 52.9 Å². The summed E-state index contributed by atoms with van der Waals surface area (Å²) in [7, 11) is 1.68. The van der Waals surface area contributed by atoms with Gasteiger partial charge in [0.25, 0.3) is 0 Å². The summed E-state index contributed by atoms with van der Waals surface area (Å²) in [4.78, 5) is 5.82. The summed E-state index contributed by atoms with van der Waals surface area (Å²) in [6, 6.07) is 12.3. The number of methoxy groups -OCH3 is 1. The SMILES string of the molecule is COc1ccc2ccnc(NCCc3cccs3)c2c1. The van der Waals surface area contributed by atoms with Crippen LogP contribution in [0.25, 0.3) is 10.8 Å². The van der Waals surface area contributed by atoms with Crippen LogP contribution in [-0.4, -0.2) is 18.6 Å². The van der Waals surface area contributed by atoms with E-state index in [1.165, 1.54) is 10.3 Å². The van der Waals surface area contributed by atoms with Gasteiger partial charge in [0.05, 0.1) is 7.11 Å². The van der Waals surface area contributed by atoms with Crippen LogP contribution < -0.4 is 10.1 Å². The van der Waals surface area contributed by atoms with E-state index in [-0.39, 0.29) is 0 Å². The normalized spacial score (nSPS) is 10.7. The molecule has 0 aliphatic rings. The van der Waals surface area contributed by atoms with Crippen LogP contribution in [0.1, 0.15) is 4.88 Å². The zero-order chi connectivity index (χ0) is 13.8. The van der Waals surface area contributed by atoms with Gasteiger partial charge in [-0.05, 0) is 41.5 Å². The largest absolute Gasteiger partial charge is 0.497 e. The van der Waals surface area contributed by atoms with Gasteiger partial charge in [0.2, 0.25) is 0 Å². The highest BCUT2D eigenvalue weighted by molar-refractivity contribution is 7.09. The Bertz CT molecular complexity index is 695. The summed E-state index contributed by atoms with van der Waals surface area (Å²) >= 11 is 1.79. The molecule has 0 radical (unpaired) electrons. The molecule has 0 unspecified atom stereocenters. The zero-order valence-corrected chi connectivity index (χ0v) is 12.1. The molecule has 0 aliphatic carbocycles.